The zero-order chi connectivity index (χ0) is 13.2. The van der Waals surface area contributed by atoms with Crippen LogP contribution in [0, 0.1) is 0 Å². The molecule has 1 aliphatic rings. The van der Waals surface area contributed by atoms with Gasteiger partial charge in [0.25, 0.3) is 0 Å². The van der Waals surface area contributed by atoms with Crippen LogP contribution >= 0.6 is 0 Å². The first-order chi connectivity index (χ1) is 8.77. The van der Waals surface area contributed by atoms with E-state index < -0.39 is 0 Å². The Balaban J connectivity index is 2.13. The minimum absolute atomic E-state index is 0.336. The van der Waals surface area contributed by atoms with Gasteiger partial charge in [0, 0.05) is 32.6 Å². The highest BCUT2D eigenvalue weighted by Gasteiger charge is 2.15. The van der Waals surface area contributed by atoms with E-state index in [4.69, 9.17) is 0 Å². The van der Waals surface area contributed by atoms with Crippen molar-refractivity contribution in [2.75, 3.05) is 45.8 Å². The molecule has 0 aliphatic carbocycles. The smallest absolute Gasteiger partial charge is 0.222 e. The molecule has 1 fully saturated rings. The lowest BCUT2D eigenvalue weighted by Crippen LogP contribution is -2.46. The zero-order valence-electron chi connectivity index (χ0n) is 12.1. The van der Waals surface area contributed by atoms with Crippen LogP contribution in [0.5, 0.6) is 0 Å². The van der Waals surface area contributed by atoms with Gasteiger partial charge in [0.05, 0.1) is 0 Å². The fraction of sp³-hybridized carbons (Fsp3) is 0.929. The van der Waals surface area contributed by atoms with E-state index in [0.717, 1.165) is 45.7 Å². The maximum absolute atomic E-state index is 12.0. The highest BCUT2D eigenvalue weighted by atomic mass is 16.2. The number of nitrogens with one attached hydrogen (secondary N) is 1. The maximum Gasteiger partial charge on any atom is 0.222 e. The number of unbranched alkanes of at least 4 members (excludes halogenated alkanes) is 1. The Morgan fingerprint density at radius 3 is 2.44 bits per heavy atom. The summed E-state index contributed by atoms with van der Waals surface area (Å²) in [4.78, 5) is 16.4. The fourth-order valence-electron chi connectivity index (χ4n) is 2.34. The van der Waals surface area contributed by atoms with Crippen LogP contribution in [-0.4, -0.2) is 61.5 Å². The summed E-state index contributed by atoms with van der Waals surface area (Å²) < 4.78 is 0. The third-order valence-electron chi connectivity index (χ3n) is 3.61. The van der Waals surface area contributed by atoms with Crippen molar-refractivity contribution in [2.45, 2.75) is 39.5 Å². The average molecular weight is 255 g/mol. The summed E-state index contributed by atoms with van der Waals surface area (Å²) in [6.07, 6.45) is 4.22. The molecule has 1 amide bonds. The lowest BCUT2D eigenvalue weighted by atomic mass is 10.2. The van der Waals surface area contributed by atoms with Crippen LogP contribution in [-0.2, 0) is 4.79 Å². The number of nitrogens with zero attached hydrogens (tertiary/aromatic N) is 2. The van der Waals surface area contributed by atoms with Crippen molar-refractivity contribution in [3.63, 3.8) is 0 Å². The fourth-order valence-corrected chi connectivity index (χ4v) is 2.34. The first-order valence-electron chi connectivity index (χ1n) is 7.48. The number of hydrogen-bond donors (Lipinski definition) is 1. The summed E-state index contributed by atoms with van der Waals surface area (Å²) in [6, 6.07) is 0. The van der Waals surface area contributed by atoms with Crippen molar-refractivity contribution in [3.8, 4) is 0 Å². The van der Waals surface area contributed by atoms with Gasteiger partial charge in [0.2, 0.25) is 5.91 Å². The normalized spacial score (nSPS) is 16.3. The molecule has 0 saturated carbocycles. The molecule has 0 bridgehead atoms. The minimum atomic E-state index is 0.336. The SMILES string of the molecule is CCCCN(CC)CCCC(=O)N1CCNCC1. The van der Waals surface area contributed by atoms with Gasteiger partial charge in [0.1, 0.15) is 0 Å². The monoisotopic (exact) mass is 255 g/mol. The first kappa shape index (κ1) is 15.4. The lowest BCUT2D eigenvalue weighted by Gasteiger charge is -2.28. The number of carbonyl (C=O) groups excluding carboxylic acids is 1. The maximum atomic E-state index is 12.0. The van der Waals surface area contributed by atoms with Gasteiger partial charge >= 0.3 is 0 Å². The summed E-state index contributed by atoms with van der Waals surface area (Å²) in [6.45, 7) is 11.4. The Hall–Kier alpha value is -0.610. The van der Waals surface area contributed by atoms with Crippen molar-refractivity contribution >= 4 is 5.91 Å². The van der Waals surface area contributed by atoms with Crippen molar-refractivity contribution in [3.05, 3.63) is 0 Å². The van der Waals surface area contributed by atoms with E-state index in [1.165, 1.54) is 19.4 Å². The Labute approximate surface area is 112 Å². The average Bonchev–Trinajstić information content (AvgIpc) is 2.43. The first-order valence-corrected chi connectivity index (χ1v) is 7.48. The highest BCUT2D eigenvalue weighted by molar-refractivity contribution is 5.76. The highest BCUT2D eigenvalue weighted by Crippen LogP contribution is 2.03. The predicted molar refractivity (Wildman–Crippen MR) is 75.7 cm³/mol. The molecule has 4 heteroatoms. The molecule has 0 aromatic heterocycles. The largest absolute Gasteiger partial charge is 0.340 e. The van der Waals surface area contributed by atoms with Crippen molar-refractivity contribution < 1.29 is 4.79 Å². The molecule has 1 rings (SSSR count). The van der Waals surface area contributed by atoms with E-state index in [1.54, 1.807) is 0 Å². The van der Waals surface area contributed by atoms with Gasteiger partial charge in [-0.25, -0.2) is 0 Å². The van der Waals surface area contributed by atoms with Gasteiger partial charge < -0.3 is 15.1 Å². The third-order valence-corrected chi connectivity index (χ3v) is 3.61. The summed E-state index contributed by atoms with van der Waals surface area (Å²) in [5.41, 5.74) is 0. The van der Waals surface area contributed by atoms with Crippen molar-refractivity contribution in [1.29, 1.82) is 0 Å². The van der Waals surface area contributed by atoms with Crippen LogP contribution < -0.4 is 5.32 Å². The number of hydrogen-bond acceptors (Lipinski definition) is 3. The van der Waals surface area contributed by atoms with Crippen LogP contribution in [0.2, 0.25) is 0 Å². The topological polar surface area (TPSA) is 35.6 Å². The van der Waals surface area contributed by atoms with Crippen LogP contribution in [0.25, 0.3) is 0 Å². The van der Waals surface area contributed by atoms with Gasteiger partial charge in [-0.05, 0) is 32.5 Å². The zero-order valence-corrected chi connectivity index (χ0v) is 12.1. The molecular formula is C14H29N3O. The van der Waals surface area contributed by atoms with Crippen molar-refractivity contribution in [2.24, 2.45) is 0 Å². The Kier molecular flexibility index (Phi) is 8.01. The van der Waals surface area contributed by atoms with E-state index in [9.17, 15) is 4.79 Å². The molecule has 0 aromatic carbocycles. The minimum Gasteiger partial charge on any atom is -0.340 e. The van der Waals surface area contributed by atoms with Gasteiger partial charge in [0.15, 0.2) is 0 Å². The summed E-state index contributed by atoms with van der Waals surface area (Å²) in [7, 11) is 0. The second-order valence-corrected chi connectivity index (χ2v) is 5.02. The van der Waals surface area contributed by atoms with E-state index in [0.29, 0.717) is 12.3 Å². The lowest BCUT2D eigenvalue weighted by molar-refractivity contribution is -0.131. The summed E-state index contributed by atoms with van der Waals surface area (Å²) in [5, 5.41) is 3.27. The molecule has 1 saturated heterocycles. The van der Waals surface area contributed by atoms with Gasteiger partial charge in [-0.1, -0.05) is 20.3 Å². The molecular weight excluding hydrogens is 226 g/mol. The van der Waals surface area contributed by atoms with Gasteiger partial charge in [-0.15, -0.1) is 0 Å². The summed E-state index contributed by atoms with van der Waals surface area (Å²) in [5.74, 6) is 0.336. The number of amides is 1. The molecule has 1 aliphatic heterocycles. The van der Waals surface area contributed by atoms with Crippen LogP contribution in [0.4, 0.5) is 0 Å². The molecule has 106 valence electrons. The van der Waals surface area contributed by atoms with E-state index >= 15 is 0 Å². The van der Waals surface area contributed by atoms with E-state index in [2.05, 4.69) is 24.1 Å². The molecule has 18 heavy (non-hydrogen) atoms. The Bertz CT molecular complexity index is 227. The quantitative estimate of drug-likeness (QED) is 0.710. The van der Waals surface area contributed by atoms with Crippen LogP contribution in [0.15, 0.2) is 0 Å². The summed E-state index contributed by atoms with van der Waals surface area (Å²) >= 11 is 0. The number of rotatable bonds is 8. The molecule has 0 atom stereocenters. The van der Waals surface area contributed by atoms with Crippen LogP contribution in [0.1, 0.15) is 39.5 Å². The second-order valence-electron chi connectivity index (χ2n) is 5.02. The number of carbonyl (C=O) groups is 1. The molecule has 0 radical (unpaired) electrons. The van der Waals surface area contributed by atoms with Gasteiger partial charge in [-0.2, -0.15) is 0 Å². The predicted octanol–water partition coefficient (Wildman–Crippen LogP) is 1.32. The van der Waals surface area contributed by atoms with E-state index in [1.807, 2.05) is 4.90 Å². The van der Waals surface area contributed by atoms with Crippen molar-refractivity contribution in [1.82, 2.24) is 15.1 Å². The van der Waals surface area contributed by atoms with Crippen LogP contribution in [0.3, 0.4) is 0 Å². The van der Waals surface area contributed by atoms with Gasteiger partial charge in [-0.3, -0.25) is 4.79 Å². The molecule has 1 heterocycles. The molecule has 1 N–H and O–H groups in total. The number of piperazine rings is 1. The molecule has 0 aromatic rings. The molecule has 0 spiro atoms. The van der Waals surface area contributed by atoms with E-state index in [-0.39, 0.29) is 0 Å². The standard InChI is InChI=1S/C14H29N3O/c1-3-5-10-16(4-2)11-6-7-14(18)17-12-8-15-9-13-17/h15H,3-13H2,1-2H3. The third kappa shape index (κ3) is 5.83. The molecule has 4 nitrogen and oxygen atoms in total. The Morgan fingerprint density at radius 2 is 1.83 bits per heavy atom. The molecule has 0 unspecified atom stereocenters. The second kappa shape index (κ2) is 9.34. The Morgan fingerprint density at radius 1 is 1.17 bits per heavy atom.